The minimum atomic E-state index is -0.319. The maximum absolute atomic E-state index is 10.8. The van der Waals surface area contributed by atoms with Crippen LogP contribution >= 0.6 is 0 Å². The van der Waals surface area contributed by atoms with Crippen LogP contribution < -0.4 is 11.4 Å². The van der Waals surface area contributed by atoms with Gasteiger partial charge in [0.15, 0.2) is 0 Å². The highest BCUT2D eigenvalue weighted by Gasteiger charge is 1.97. The molecule has 0 unspecified atom stereocenters. The number of hydrogen-bond acceptors (Lipinski definition) is 9. The Morgan fingerprint density at radius 3 is 1.75 bits per heavy atom. The van der Waals surface area contributed by atoms with E-state index in [2.05, 4.69) is 35.5 Å². The standard InChI is InChI=1S/C6H9N3O.C6H9N3.C5H7N3O/c1-4-5(2)8-9(3)6(10)7-4;1-4-5(2)8-9-6(3)7-4;1-4-3-8(2)5(9)7-6-4/h1-3H3;1-3H3;3H,1-2H3. The van der Waals surface area contributed by atoms with Gasteiger partial charge in [0.1, 0.15) is 5.82 Å². The summed E-state index contributed by atoms with van der Waals surface area (Å²) in [6.07, 6.45) is 1.63. The van der Waals surface area contributed by atoms with Crippen LogP contribution in [0.4, 0.5) is 0 Å². The van der Waals surface area contributed by atoms with Gasteiger partial charge in [0, 0.05) is 20.3 Å². The van der Waals surface area contributed by atoms with Gasteiger partial charge < -0.3 is 0 Å². The zero-order valence-electron chi connectivity index (χ0n) is 17.4. The van der Waals surface area contributed by atoms with Gasteiger partial charge in [0.2, 0.25) is 0 Å². The monoisotopic (exact) mass is 387 g/mol. The van der Waals surface area contributed by atoms with Gasteiger partial charge in [0.25, 0.3) is 0 Å². The molecule has 0 saturated carbocycles. The second kappa shape index (κ2) is 10.1. The highest BCUT2D eigenvalue weighted by molar-refractivity contribution is 5.04. The SMILES string of the molecule is Cc1cn(C)c(=O)nn1.Cc1nc(=O)n(C)nc1C.Cc1nnc(C)c(C)n1. The van der Waals surface area contributed by atoms with Crippen LogP contribution in [-0.2, 0) is 14.1 Å². The smallest absolute Gasteiger partial charge is 0.299 e. The zero-order valence-corrected chi connectivity index (χ0v) is 17.4. The lowest BCUT2D eigenvalue weighted by molar-refractivity contribution is 0.650. The summed E-state index contributed by atoms with van der Waals surface area (Å²) in [6, 6.07) is 0. The molecule has 0 aromatic carbocycles. The average molecular weight is 387 g/mol. The fraction of sp³-hybridized carbons (Fsp3) is 0.471. The topological polar surface area (TPSA) is 134 Å². The summed E-state index contributed by atoms with van der Waals surface area (Å²) in [6.45, 7) is 11.0. The molecule has 11 heteroatoms. The third-order valence-corrected chi connectivity index (χ3v) is 3.54. The van der Waals surface area contributed by atoms with Gasteiger partial charge in [-0.3, -0.25) is 4.57 Å². The van der Waals surface area contributed by atoms with E-state index >= 15 is 0 Å². The summed E-state index contributed by atoms with van der Waals surface area (Å²) in [5, 5.41) is 18.5. The Labute approximate surface area is 162 Å². The van der Waals surface area contributed by atoms with Gasteiger partial charge in [-0.05, 0) is 41.5 Å². The summed E-state index contributed by atoms with van der Waals surface area (Å²) in [5.74, 6) is 0.734. The van der Waals surface area contributed by atoms with Crippen molar-refractivity contribution < 1.29 is 0 Å². The third kappa shape index (κ3) is 7.09. The first-order chi connectivity index (χ1) is 13.0. The van der Waals surface area contributed by atoms with E-state index in [1.54, 1.807) is 34.1 Å². The van der Waals surface area contributed by atoms with Crippen LogP contribution in [0.25, 0.3) is 0 Å². The summed E-state index contributed by atoms with van der Waals surface area (Å²) in [4.78, 5) is 29.2. The van der Waals surface area contributed by atoms with Gasteiger partial charge in [-0.25, -0.2) is 19.3 Å². The van der Waals surface area contributed by atoms with E-state index in [4.69, 9.17) is 0 Å². The molecule has 0 spiro atoms. The van der Waals surface area contributed by atoms with E-state index < -0.39 is 0 Å². The number of nitrogens with zero attached hydrogens (tertiary/aromatic N) is 9. The number of aryl methyl sites for hydroxylation is 8. The maximum atomic E-state index is 10.8. The van der Waals surface area contributed by atoms with Crippen LogP contribution in [0.1, 0.15) is 34.3 Å². The minimum absolute atomic E-state index is 0.303. The Morgan fingerprint density at radius 2 is 1.29 bits per heavy atom. The van der Waals surface area contributed by atoms with Gasteiger partial charge in [-0.15, -0.1) is 10.2 Å². The lowest BCUT2D eigenvalue weighted by Gasteiger charge is -1.98. The molecule has 0 N–H and O–H groups in total. The first-order valence-corrected chi connectivity index (χ1v) is 8.41. The molecule has 0 atom stereocenters. The fourth-order valence-corrected chi connectivity index (χ4v) is 1.76. The van der Waals surface area contributed by atoms with Crippen LogP contribution in [0.5, 0.6) is 0 Å². The lowest BCUT2D eigenvalue weighted by Crippen LogP contribution is -2.24. The van der Waals surface area contributed by atoms with Crippen LogP contribution in [-0.4, -0.2) is 44.7 Å². The Kier molecular flexibility index (Phi) is 8.17. The molecule has 0 aliphatic heterocycles. The Hall–Kier alpha value is -3.37. The molecule has 0 saturated heterocycles. The van der Waals surface area contributed by atoms with E-state index in [1.807, 2.05) is 27.7 Å². The molecule has 0 radical (unpaired) electrons. The highest BCUT2D eigenvalue weighted by Crippen LogP contribution is 1.95. The lowest BCUT2D eigenvalue weighted by atomic mass is 10.4. The molecule has 0 aliphatic rings. The van der Waals surface area contributed by atoms with E-state index in [9.17, 15) is 9.59 Å². The third-order valence-electron chi connectivity index (χ3n) is 3.54. The van der Waals surface area contributed by atoms with Crippen molar-refractivity contribution in [1.82, 2.24) is 44.7 Å². The number of hydrogen-bond donors (Lipinski definition) is 0. The van der Waals surface area contributed by atoms with Crippen molar-refractivity contribution in [2.75, 3.05) is 0 Å². The molecule has 11 nitrogen and oxygen atoms in total. The van der Waals surface area contributed by atoms with Crippen molar-refractivity contribution in [2.24, 2.45) is 14.1 Å². The molecule has 0 fully saturated rings. The van der Waals surface area contributed by atoms with Crippen LogP contribution in [0.15, 0.2) is 15.8 Å². The quantitative estimate of drug-likeness (QED) is 0.525. The van der Waals surface area contributed by atoms with Crippen molar-refractivity contribution in [1.29, 1.82) is 0 Å². The first-order valence-electron chi connectivity index (χ1n) is 8.41. The van der Waals surface area contributed by atoms with Crippen molar-refractivity contribution >= 4 is 0 Å². The fourth-order valence-electron chi connectivity index (χ4n) is 1.76. The summed E-state index contributed by atoms with van der Waals surface area (Å²) in [5.41, 5.74) is 3.48. The molecule has 0 aliphatic carbocycles. The molecule has 0 amide bonds. The number of rotatable bonds is 0. The van der Waals surface area contributed by atoms with Crippen molar-refractivity contribution in [3.63, 3.8) is 0 Å². The second-order valence-electron chi connectivity index (χ2n) is 6.08. The molecular weight excluding hydrogens is 362 g/mol. The van der Waals surface area contributed by atoms with Crippen molar-refractivity contribution in [3.05, 3.63) is 61.5 Å². The minimum Gasteiger partial charge on any atom is -0.299 e. The second-order valence-corrected chi connectivity index (χ2v) is 6.08. The molecule has 3 aromatic heterocycles. The first kappa shape index (κ1) is 22.7. The zero-order chi connectivity index (χ0) is 21.4. The van der Waals surface area contributed by atoms with Gasteiger partial charge in [0.05, 0.1) is 28.5 Å². The summed E-state index contributed by atoms with van der Waals surface area (Å²) >= 11 is 0. The Balaban J connectivity index is 0.000000210. The van der Waals surface area contributed by atoms with E-state index in [-0.39, 0.29) is 11.4 Å². The van der Waals surface area contributed by atoms with E-state index in [0.29, 0.717) is 5.69 Å². The van der Waals surface area contributed by atoms with Gasteiger partial charge in [-0.1, -0.05) is 5.10 Å². The van der Waals surface area contributed by atoms with Crippen molar-refractivity contribution in [2.45, 2.75) is 41.5 Å². The van der Waals surface area contributed by atoms with Crippen LogP contribution in [0, 0.1) is 41.5 Å². The van der Waals surface area contributed by atoms with E-state index in [0.717, 1.165) is 28.6 Å². The van der Waals surface area contributed by atoms with Crippen LogP contribution in [0.2, 0.25) is 0 Å². The molecule has 3 aromatic rings. The largest absolute Gasteiger partial charge is 0.365 e. The van der Waals surface area contributed by atoms with Gasteiger partial charge >= 0.3 is 11.4 Å². The predicted octanol–water partition coefficient (Wildman–Crippen LogP) is 0.0727. The molecule has 3 rings (SSSR count). The normalized spacial score (nSPS) is 9.71. The number of aromatic nitrogens is 9. The Morgan fingerprint density at radius 1 is 0.679 bits per heavy atom. The maximum Gasteiger partial charge on any atom is 0.365 e. The van der Waals surface area contributed by atoms with Crippen molar-refractivity contribution in [3.8, 4) is 0 Å². The van der Waals surface area contributed by atoms with E-state index in [1.165, 1.54) is 9.25 Å². The Bertz CT molecular complexity index is 1060. The molecule has 28 heavy (non-hydrogen) atoms. The summed E-state index contributed by atoms with van der Waals surface area (Å²) < 4.78 is 2.62. The molecule has 0 bridgehead atoms. The predicted molar refractivity (Wildman–Crippen MR) is 103 cm³/mol. The average Bonchev–Trinajstić information content (AvgIpc) is 2.61. The highest BCUT2D eigenvalue weighted by atomic mass is 16.2. The molecule has 3 heterocycles. The van der Waals surface area contributed by atoms with Crippen LogP contribution in [0.3, 0.4) is 0 Å². The van der Waals surface area contributed by atoms with Gasteiger partial charge in [-0.2, -0.15) is 15.2 Å². The molecular formula is C17H25N9O2. The summed E-state index contributed by atoms with van der Waals surface area (Å²) in [7, 11) is 3.23. The molecule has 150 valence electrons.